The van der Waals surface area contributed by atoms with E-state index >= 15 is 0 Å². The lowest BCUT2D eigenvalue weighted by atomic mass is 10.2. The fourth-order valence-corrected chi connectivity index (χ4v) is 2.41. The molecule has 0 aliphatic rings. The first-order valence-corrected chi connectivity index (χ1v) is 6.00. The van der Waals surface area contributed by atoms with Crippen LogP contribution in [-0.4, -0.2) is 10.1 Å². The molecule has 4 heteroatoms. The fraction of sp³-hybridized carbons (Fsp3) is 0.250. The van der Waals surface area contributed by atoms with Crippen LogP contribution in [-0.2, 0) is 0 Å². The van der Waals surface area contributed by atoms with Gasteiger partial charge in [-0.1, -0.05) is 0 Å². The number of anilines is 1. The SMILES string of the molecule is Cc1ncsc1C(C)Nc1ccc(O)cc1. The minimum absolute atomic E-state index is 0.233. The summed E-state index contributed by atoms with van der Waals surface area (Å²) in [7, 11) is 0. The smallest absolute Gasteiger partial charge is 0.115 e. The molecule has 0 saturated heterocycles. The van der Waals surface area contributed by atoms with Crippen LogP contribution in [0.3, 0.4) is 0 Å². The number of aromatic nitrogens is 1. The summed E-state index contributed by atoms with van der Waals surface area (Å²) in [5.41, 5.74) is 3.93. The predicted molar refractivity (Wildman–Crippen MR) is 67.0 cm³/mol. The highest BCUT2D eigenvalue weighted by Crippen LogP contribution is 2.25. The van der Waals surface area contributed by atoms with Crippen LogP contribution >= 0.6 is 11.3 Å². The number of hydrogen-bond acceptors (Lipinski definition) is 4. The Labute approximate surface area is 98.8 Å². The average molecular weight is 234 g/mol. The molecule has 1 aromatic heterocycles. The zero-order valence-corrected chi connectivity index (χ0v) is 10.1. The number of hydrogen-bond donors (Lipinski definition) is 2. The molecule has 2 rings (SSSR count). The second-order valence-electron chi connectivity index (χ2n) is 3.71. The molecule has 0 saturated carbocycles. The van der Waals surface area contributed by atoms with Gasteiger partial charge < -0.3 is 10.4 Å². The van der Waals surface area contributed by atoms with Crippen molar-refractivity contribution in [3.8, 4) is 5.75 Å². The number of nitrogens with one attached hydrogen (secondary N) is 1. The van der Waals surface area contributed by atoms with Crippen molar-refractivity contribution in [1.29, 1.82) is 0 Å². The molecule has 0 bridgehead atoms. The van der Waals surface area contributed by atoms with Crippen LogP contribution in [0.1, 0.15) is 23.5 Å². The van der Waals surface area contributed by atoms with Gasteiger partial charge in [0.1, 0.15) is 5.75 Å². The van der Waals surface area contributed by atoms with Crippen molar-refractivity contribution in [2.24, 2.45) is 0 Å². The maximum absolute atomic E-state index is 9.18. The molecule has 2 N–H and O–H groups in total. The van der Waals surface area contributed by atoms with Crippen LogP contribution in [0.2, 0.25) is 0 Å². The van der Waals surface area contributed by atoms with Gasteiger partial charge in [-0.15, -0.1) is 11.3 Å². The number of aromatic hydroxyl groups is 1. The summed E-state index contributed by atoms with van der Waals surface area (Å²) in [4.78, 5) is 5.48. The van der Waals surface area contributed by atoms with Crippen LogP contribution < -0.4 is 5.32 Å². The average Bonchev–Trinajstić information content (AvgIpc) is 2.68. The third-order valence-corrected chi connectivity index (χ3v) is 3.54. The van der Waals surface area contributed by atoms with Gasteiger partial charge in [0.2, 0.25) is 0 Å². The van der Waals surface area contributed by atoms with E-state index < -0.39 is 0 Å². The van der Waals surface area contributed by atoms with Crippen molar-refractivity contribution >= 4 is 17.0 Å². The zero-order valence-electron chi connectivity index (χ0n) is 9.27. The maximum Gasteiger partial charge on any atom is 0.115 e. The predicted octanol–water partition coefficient (Wildman–Crippen LogP) is 3.33. The van der Waals surface area contributed by atoms with E-state index in [2.05, 4.69) is 17.2 Å². The standard InChI is InChI=1S/C12H14N2OS/c1-8-12(16-7-13-8)9(2)14-10-3-5-11(15)6-4-10/h3-7,9,14-15H,1-2H3. The van der Waals surface area contributed by atoms with E-state index in [0.29, 0.717) is 0 Å². The van der Waals surface area contributed by atoms with Crippen LogP contribution in [0.15, 0.2) is 29.8 Å². The number of benzene rings is 1. The number of rotatable bonds is 3. The van der Waals surface area contributed by atoms with Gasteiger partial charge in [0.05, 0.1) is 17.2 Å². The molecule has 16 heavy (non-hydrogen) atoms. The van der Waals surface area contributed by atoms with Gasteiger partial charge in [-0.05, 0) is 38.1 Å². The highest BCUT2D eigenvalue weighted by Gasteiger charge is 2.10. The number of nitrogens with zero attached hydrogens (tertiary/aromatic N) is 1. The van der Waals surface area contributed by atoms with Gasteiger partial charge in [0, 0.05) is 10.6 Å². The Bertz CT molecular complexity index is 464. The van der Waals surface area contributed by atoms with Crippen molar-refractivity contribution < 1.29 is 5.11 Å². The van der Waals surface area contributed by atoms with Crippen LogP contribution in [0.4, 0.5) is 5.69 Å². The first-order chi connectivity index (χ1) is 7.66. The summed E-state index contributed by atoms with van der Waals surface area (Å²) in [6.45, 7) is 4.12. The normalized spacial score (nSPS) is 12.4. The van der Waals surface area contributed by atoms with E-state index in [1.165, 1.54) is 4.88 Å². The summed E-state index contributed by atoms with van der Waals surface area (Å²) in [5.74, 6) is 0.284. The van der Waals surface area contributed by atoms with E-state index in [1.54, 1.807) is 23.5 Å². The van der Waals surface area contributed by atoms with Crippen LogP contribution in [0, 0.1) is 6.92 Å². The highest BCUT2D eigenvalue weighted by atomic mass is 32.1. The Morgan fingerprint density at radius 2 is 2.00 bits per heavy atom. The molecule has 0 amide bonds. The molecule has 1 atom stereocenters. The highest BCUT2D eigenvalue weighted by molar-refractivity contribution is 7.09. The lowest BCUT2D eigenvalue weighted by Crippen LogP contribution is -2.05. The second kappa shape index (κ2) is 4.53. The van der Waals surface area contributed by atoms with E-state index in [-0.39, 0.29) is 11.8 Å². The number of thiazole rings is 1. The summed E-state index contributed by atoms with van der Waals surface area (Å²) < 4.78 is 0. The van der Waals surface area contributed by atoms with Gasteiger partial charge >= 0.3 is 0 Å². The summed E-state index contributed by atoms with van der Waals surface area (Å²) in [5, 5.41) is 12.6. The largest absolute Gasteiger partial charge is 0.508 e. The quantitative estimate of drug-likeness (QED) is 0.801. The molecule has 1 aromatic carbocycles. The second-order valence-corrected chi connectivity index (χ2v) is 4.60. The monoisotopic (exact) mass is 234 g/mol. The van der Waals surface area contributed by atoms with Crippen molar-refractivity contribution in [1.82, 2.24) is 4.98 Å². The molecular weight excluding hydrogens is 220 g/mol. The molecule has 0 radical (unpaired) electrons. The van der Waals surface area contributed by atoms with Crippen molar-refractivity contribution in [3.05, 3.63) is 40.3 Å². The Balaban J connectivity index is 2.10. The summed E-state index contributed by atoms with van der Waals surface area (Å²) in [6.07, 6.45) is 0. The number of phenols is 1. The molecule has 84 valence electrons. The Kier molecular flexibility index (Phi) is 3.10. The molecule has 2 aromatic rings. The Hall–Kier alpha value is -1.55. The molecule has 3 nitrogen and oxygen atoms in total. The number of aryl methyl sites for hydroxylation is 1. The van der Waals surface area contributed by atoms with Crippen molar-refractivity contribution in [2.75, 3.05) is 5.32 Å². The van der Waals surface area contributed by atoms with Gasteiger partial charge in [0.15, 0.2) is 0 Å². The van der Waals surface area contributed by atoms with Crippen LogP contribution in [0.25, 0.3) is 0 Å². The fourth-order valence-electron chi connectivity index (χ4n) is 1.60. The van der Waals surface area contributed by atoms with Gasteiger partial charge in [0.25, 0.3) is 0 Å². The first kappa shape index (κ1) is 11.0. The molecule has 1 unspecified atom stereocenters. The first-order valence-electron chi connectivity index (χ1n) is 5.12. The van der Waals surface area contributed by atoms with Gasteiger partial charge in [-0.25, -0.2) is 4.98 Å². The van der Waals surface area contributed by atoms with Crippen LogP contribution in [0.5, 0.6) is 5.75 Å². The molecule has 0 aliphatic carbocycles. The summed E-state index contributed by atoms with van der Waals surface area (Å²) in [6, 6.07) is 7.31. The zero-order chi connectivity index (χ0) is 11.5. The number of phenolic OH excluding ortho intramolecular Hbond substituents is 1. The Morgan fingerprint density at radius 1 is 1.31 bits per heavy atom. The lowest BCUT2D eigenvalue weighted by Gasteiger charge is -2.14. The topological polar surface area (TPSA) is 45.2 Å². The molecule has 0 fully saturated rings. The lowest BCUT2D eigenvalue weighted by molar-refractivity contribution is 0.475. The van der Waals surface area contributed by atoms with E-state index in [9.17, 15) is 5.11 Å². The van der Waals surface area contributed by atoms with Crippen molar-refractivity contribution in [2.45, 2.75) is 19.9 Å². The molecular formula is C12H14N2OS. The minimum Gasteiger partial charge on any atom is -0.508 e. The molecule has 0 aliphatic heterocycles. The Morgan fingerprint density at radius 3 is 2.56 bits per heavy atom. The van der Waals surface area contributed by atoms with E-state index in [1.807, 2.05) is 24.6 Å². The third kappa shape index (κ3) is 2.33. The molecule has 1 heterocycles. The third-order valence-electron chi connectivity index (χ3n) is 2.43. The van der Waals surface area contributed by atoms with E-state index in [0.717, 1.165) is 11.4 Å². The minimum atomic E-state index is 0.233. The summed E-state index contributed by atoms with van der Waals surface area (Å²) >= 11 is 1.66. The van der Waals surface area contributed by atoms with Gasteiger partial charge in [-0.3, -0.25) is 0 Å². The van der Waals surface area contributed by atoms with E-state index in [4.69, 9.17) is 0 Å². The maximum atomic E-state index is 9.18. The van der Waals surface area contributed by atoms with Crippen molar-refractivity contribution in [3.63, 3.8) is 0 Å². The van der Waals surface area contributed by atoms with Gasteiger partial charge in [-0.2, -0.15) is 0 Å². The molecule has 0 spiro atoms.